The standard InChI is InChI=1S/C13H12F2N2O/c1-3-4-5-18-13-10(7-17)11(14)8(2)9(6-16)12(13)15/h3-5H2,1-2H3. The summed E-state index contributed by atoms with van der Waals surface area (Å²) in [7, 11) is 0. The third-order valence-electron chi connectivity index (χ3n) is 2.54. The Kier molecular flexibility index (Phi) is 4.62. The van der Waals surface area contributed by atoms with E-state index in [1.165, 1.54) is 6.92 Å². The monoisotopic (exact) mass is 250 g/mol. The molecule has 1 aromatic rings. The molecule has 0 spiro atoms. The van der Waals surface area contributed by atoms with Crippen LogP contribution in [-0.2, 0) is 0 Å². The second-order valence-electron chi connectivity index (χ2n) is 3.76. The van der Waals surface area contributed by atoms with Gasteiger partial charge in [0.05, 0.1) is 12.2 Å². The van der Waals surface area contributed by atoms with Crippen molar-refractivity contribution >= 4 is 0 Å². The molecule has 0 saturated heterocycles. The number of unbranched alkanes of at least 4 members (excludes halogenated alkanes) is 1. The molecule has 0 aliphatic rings. The molecule has 3 nitrogen and oxygen atoms in total. The van der Waals surface area contributed by atoms with Gasteiger partial charge in [0.15, 0.2) is 11.6 Å². The molecule has 0 unspecified atom stereocenters. The van der Waals surface area contributed by atoms with Crippen LogP contribution < -0.4 is 4.74 Å². The Hall–Kier alpha value is -2.14. The van der Waals surface area contributed by atoms with E-state index >= 15 is 0 Å². The molecule has 1 aromatic carbocycles. The Balaban J connectivity index is 3.36. The largest absolute Gasteiger partial charge is 0.489 e. The van der Waals surface area contributed by atoms with Gasteiger partial charge in [-0.15, -0.1) is 0 Å². The second kappa shape index (κ2) is 5.97. The van der Waals surface area contributed by atoms with Crippen molar-refractivity contribution in [2.75, 3.05) is 6.61 Å². The SMILES string of the molecule is CCCCOc1c(F)c(C#N)c(C)c(F)c1C#N. The summed E-state index contributed by atoms with van der Waals surface area (Å²) in [5.74, 6) is -2.34. The third-order valence-corrected chi connectivity index (χ3v) is 2.54. The number of ether oxygens (including phenoxy) is 1. The van der Waals surface area contributed by atoms with Crippen molar-refractivity contribution < 1.29 is 13.5 Å². The van der Waals surface area contributed by atoms with Gasteiger partial charge in [-0.1, -0.05) is 13.3 Å². The third kappa shape index (κ3) is 2.41. The van der Waals surface area contributed by atoms with Crippen molar-refractivity contribution in [1.82, 2.24) is 0 Å². The number of nitriles is 2. The number of benzene rings is 1. The zero-order valence-electron chi connectivity index (χ0n) is 10.2. The molecule has 0 N–H and O–H groups in total. The van der Waals surface area contributed by atoms with E-state index < -0.39 is 28.5 Å². The van der Waals surface area contributed by atoms with Crippen LogP contribution in [0.5, 0.6) is 5.75 Å². The average Bonchev–Trinajstić information content (AvgIpc) is 2.36. The quantitative estimate of drug-likeness (QED) is 0.771. The van der Waals surface area contributed by atoms with E-state index in [0.717, 1.165) is 6.42 Å². The van der Waals surface area contributed by atoms with E-state index in [4.69, 9.17) is 15.3 Å². The molecule has 94 valence electrons. The van der Waals surface area contributed by atoms with Gasteiger partial charge in [-0.25, -0.2) is 8.78 Å². The summed E-state index contributed by atoms with van der Waals surface area (Å²) in [6.07, 6.45) is 1.48. The summed E-state index contributed by atoms with van der Waals surface area (Å²) in [5, 5.41) is 17.6. The van der Waals surface area contributed by atoms with Crippen LogP contribution in [0.3, 0.4) is 0 Å². The first-order valence-electron chi connectivity index (χ1n) is 5.53. The molecule has 18 heavy (non-hydrogen) atoms. The van der Waals surface area contributed by atoms with E-state index in [0.29, 0.717) is 6.42 Å². The van der Waals surface area contributed by atoms with Gasteiger partial charge in [-0.05, 0) is 13.3 Å². The lowest BCUT2D eigenvalue weighted by atomic mass is 10.0. The maximum Gasteiger partial charge on any atom is 0.184 e. The number of nitrogens with zero attached hydrogens (tertiary/aromatic N) is 2. The van der Waals surface area contributed by atoms with Gasteiger partial charge in [0.25, 0.3) is 0 Å². The van der Waals surface area contributed by atoms with Gasteiger partial charge >= 0.3 is 0 Å². The highest BCUT2D eigenvalue weighted by atomic mass is 19.1. The van der Waals surface area contributed by atoms with E-state index in [1.807, 2.05) is 6.92 Å². The molecular formula is C13H12F2N2O. The number of hydrogen-bond donors (Lipinski definition) is 0. The first-order chi connectivity index (χ1) is 8.58. The summed E-state index contributed by atoms with van der Waals surface area (Å²) in [6.45, 7) is 3.35. The van der Waals surface area contributed by atoms with E-state index in [2.05, 4.69) is 0 Å². The molecule has 0 radical (unpaired) electrons. The fourth-order valence-electron chi connectivity index (χ4n) is 1.47. The lowest BCUT2D eigenvalue weighted by molar-refractivity contribution is 0.291. The fourth-order valence-corrected chi connectivity index (χ4v) is 1.47. The highest BCUT2D eigenvalue weighted by Gasteiger charge is 2.23. The van der Waals surface area contributed by atoms with Crippen LogP contribution >= 0.6 is 0 Å². The Morgan fingerprint density at radius 2 is 1.72 bits per heavy atom. The normalized spacial score (nSPS) is 9.67. The lowest BCUT2D eigenvalue weighted by Gasteiger charge is -2.12. The highest BCUT2D eigenvalue weighted by molar-refractivity contribution is 5.54. The van der Waals surface area contributed by atoms with Crippen LogP contribution in [0.25, 0.3) is 0 Å². The summed E-state index contributed by atoms with van der Waals surface area (Å²) in [6, 6.07) is 3.16. The Morgan fingerprint density at radius 3 is 2.22 bits per heavy atom. The van der Waals surface area contributed by atoms with Crippen LogP contribution in [0, 0.1) is 41.2 Å². The summed E-state index contributed by atoms with van der Waals surface area (Å²) >= 11 is 0. The molecule has 0 fully saturated rings. The maximum absolute atomic E-state index is 13.9. The molecule has 0 saturated carbocycles. The van der Waals surface area contributed by atoms with Crippen LogP contribution in [-0.4, -0.2) is 6.61 Å². The summed E-state index contributed by atoms with van der Waals surface area (Å²) in [5.41, 5.74) is -1.08. The van der Waals surface area contributed by atoms with Crippen molar-refractivity contribution in [2.24, 2.45) is 0 Å². The van der Waals surface area contributed by atoms with Gasteiger partial charge in [-0.2, -0.15) is 10.5 Å². The van der Waals surface area contributed by atoms with Gasteiger partial charge in [-0.3, -0.25) is 0 Å². The van der Waals surface area contributed by atoms with E-state index in [1.54, 1.807) is 12.1 Å². The predicted molar refractivity (Wildman–Crippen MR) is 60.9 cm³/mol. The Morgan fingerprint density at radius 1 is 1.11 bits per heavy atom. The van der Waals surface area contributed by atoms with Crippen LogP contribution in [0.15, 0.2) is 0 Å². The van der Waals surface area contributed by atoms with Gasteiger partial charge in [0, 0.05) is 5.56 Å². The Bertz CT molecular complexity index is 542. The second-order valence-corrected chi connectivity index (χ2v) is 3.76. The minimum Gasteiger partial charge on any atom is -0.489 e. The molecule has 0 atom stereocenters. The molecule has 1 rings (SSSR count). The topological polar surface area (TPSA) is 56.8 Å². The molecule has 0 heterocycles. The van der Waals surface area contributed by atoms with Crippen LogP contribution in [0.4, 0.5) is 8.78 Å². The van der Waals surface area contributed by atoms with Gasteiger partial charge in [0.1, 0.15) is 23.5 Å². The van der Waals surface area contributed by atoms with E-state index in [-0.39, 0.29) is 12.2 Å². The molecule has 0 amide bonds. The molecule has 0 aliphatic carbocycles. The molecule has 0 bridgehead atoms. The van der Waals surface area contributed by atoms with Gasteiger partial charge < -0.3 is 4.74 Å². The maximum atomic E-state index is 13.9. The number of rotatable bonds is 4. The van der Waals surface area contributed by atoms with Crippen LogP contribution in [0.1, 0.15) is 36.5 Å². The zero-order chi connectivity index (χ0) is 13.7. The molecule has 5 heteroatoms. The van der Waals surface area contributed by atoms with Crippen molar-refractivity contribution in [1.29, 1.82) is 10.5 Å². The average molecular weight is 250 g/mol. The Labute approximate surface area is 104 Å². The van der Waals surface area contributed by atoms with E-state index in [9.17, 15) is 8.78 Å². The minimum atomic E-state index is -0.968. The minimum absolute atomic E-state index is 0.172. The zero-order valence-corrected chi connectivity index (χ0v) is 10.2. The smallest absolute Gasteiger partial charge is 0.184 e. The van der Waals surface area contributed by atoms with Crippen molar-refractivity contribution in [3.63, 3.8) is 0 Å². The first kappa shape index (κ1) is 13.9. The molecule has 0 aromatic heterocycles. The highest BCUT2D eigenvalue weighted by Crippen LogP contribution is 2.31. The fraction of sp³-hybridized carbons (Fsp3) is 0.385. The predicted octanol–water partition coefficient (Wildman–Crippen LogP) is 3.20. The van der Waals surface area contributed by atoms with Gasteiger partial charge in [0.2, 0.25) is 0 Å². The summed E-state index contributed by atoms with van der Waals surface area (Å²) < 4.78 is 32.8. The molecular weight excluding hydrogens is 238 g/mol. The first-order valence-corrected chi connectivity index (χ1v) is 5.53. The lowest BCUT2D eigenvalue weighted by Crippen LogP contribution is -2.06. The van der Waals surface area contributed by atoms with Crippen molar-refractivity contribution in [3.05, 3.63) is 28.3 Å². The summed E-state index contributed by atoms with van der Waals surface area (Å²) in [4.78, 5) is 0. The number of hydrogen-bond acceptors (Lipinski definition) is 3. The molecule has 0 aliphatic heterocycles. The van der Waals surface area contributed by atoms with Crippen molar-refractivity contribution in [2.45, 2.75) is 26.7 Å². The van der Waals surface area contributed by atoms with Crippen molar-refractivity contribution in [3.8, 4) is 17.9 Å². The van der Waals surface area contributed by atoms with Crippen LogP contribution in [0.2, 0.25) is 0 Å². The number of halogens is 2.